The Morgan fingerprint density at radius 2 is 2.16 bits per heavy atom. The van der Waals surface area contributed by atoms with Crippen LogP contribution in [0.25, 0.3) is 0 Å². The minimum absolute atomic E-state index is 0.603. The van der Waals surface area contributed by atoms with Gasteiger partial charge in [0.05, 0.1) is 6.61 Å². The molecule has 5 heteroatoms. The van der Waals surface area contributed by atoms with Crippen LogP contribution in [-0.2, 0) is 4.74 Å². The van der Waals surface area contributed by atoms with Crippen molar-refractivity contribution < 1.29 is 4.74 Å². The van der Waals surface area contributed by atoms with E-state index < -0.39 is 0 Å². The molecule has 1 saturated heterocycles. The van der Waals surface area contributed by atoms with Gasteiger partial charge in [0, 0.05) is 32.8 Å². The molecule has 1 unspecified atom stereocenters. The second-order valence-corrected chi connectivity index (χ2v) is 5.28. The van der Waals surface area contributed by atoms with Gasteiger partial charge >= 0.3 is 0 Å². The highest BCUT2D eigenvalue weighted by atomic mass is 16.5. The smallest absolute Gasteiger partial charge is 0.137 e. The Hall–Kier alpha value is -1.36. The van der Waals surface area contributed by atoms with Crippen molar-refractivity contribution in [2.24, 2.45) is 5.92 Å². The van der Waals surface area contributed by atoms with Crippen LogP contribution in [-0.4, -0.2) is 43.8 Å². The average molecular weight is 264 g/mol. The van der Waals surface area contributed by atoms with E-state index in [4.69, 9.17) is 4.74 Å². The Morgan fingerprint density at radius 1 is 1.37 bits per heavy atom. The number of anilines is 2. The second-order valence-electron chi connectivity index (χ2n) is 5.28. The summed E-state index contributed by atoms with van der Waals surface area (Å²) in [6.07, 6.45) is 2.41. The van der Waals surface area contributed by atoms with Gasteiger partial charge in [0.25, 0.3) is 0 Å². The molecular formula is C14H24N4O. The lowest BCUT2D eigenvalue weighted by Gasteiger charge is -2.29. The fraction of sp³-hybridized carbons (Fsp3) is 0.714. The van der Waals surface area contributed by atoms with Crippen LogP contribution in [0.1, 0.15) is 24.2 Å². The molecule has 0 bridgehead atoms. The zero-order chi connectivity index (χ0) is 13.8. The summed E-state index contributed by atoms with van der Waals surface area (Å²) < 4.78 is 5.55. The molecule has 0 saturated carbocycles. The van der Waals surface area contributed by atoms with Crippen LogP contribution in [0.2, 0.25) is 0 Å². The summed E-state index contributed by atoms with van der Waals surface area (Å²) in [5.74, 6) is 3.33. The van der Waals surface area contributed by atoms with E-state index in [1.165, 1.54) is 12.8 Å². The standard InChI is InChI=1S/C14H24N4O/c1-10-13(15-3)16-11(2)17-14(10)18(4)8-12-6-5-7-19-9-12/h12H,5-9H2,1-4H3,(H,15,16,17). The molecule has 1 fully saturated rings. The number of hydrogen-bond acceptors (Lipinski definition) is 5. The summed E-state index contributed by atoms with van der Waals surface area (Å²) >= 11 is 0. The van der Waals surface area contributed by atoms with E-state index in [9.17, 15) is 0 Å². The topological polar surface area (TPSA) is 50.3 Å². The molecule has 2 rings (SSSR count). The first kappa shape index (κ1) is 14.1. The number of aryl methyl sites for hydroxylation is 1. The van der Waals surface area contributed by atoms with E-state index in [0.717, 1.165) is 42.8 Å². The molecule has 0 radical (unpaired) electrons. The van der Waals surface area contributed by atoms with Crippen LogP contribution in [0.3, 0.4) is 0 Å². The molecule has 0 spiro atoms. The highest BCUT2D eigenvalue weighted by Gasteiger charge is 2.19. The van der Waals surface area contributed by atoms with Crippen molar-refractivity contribution in [3.63, 3.8) is 0 Å². The Bertz CT molecular complexity index is 430. The van der Waals surface area contributed by atoms with Crippen molar-refractivity contribution in [2.45, 2.75) is 26.7 Å². The minimum Gasteiger partial charge on any atom is -0.381 e. The van der Waals surface area contributed by atoms with Crippen molar-refractivity contribution >= 4 is 11.6 Å². The number of hydrogen-bond donors (Lipinski definition) is 1. The molecule has 1 aromatic rings. The summed E-state index contributed by atoms with van der Waals surface area (Å²) in [6, 6.07) is 0. The molecule has 0 aromatic carbocycles. The molecule has 0 aliphatic carbocycles. The third-order valence-electron chi connectivity index (χ3n) is 3.62. The maximum absolute atomic E-state index is 5.55. The number of rotatable bonds is 4. The number of ether oxygens (including phenoxy) is 1. The van der Waals surface area contributed by atoms with Gasteiger partial charge in [-0.1, -0.05) is 0 Å². The number of nitrogens with one attached hydrogen (secondary N) is 1. The van der Waals surface area contributed by atoms with Crippen LogP contribution in [0.15, 0.2) is 0 Å². The van der Waals surface area contributed by atoms with E-state index in [2.05, 4.69) is 34.2 Å². The number of nitrogens with zero attached hydrogens (tertiary/aromatic N) is 3. The molecule has 19 heavy (non-hydrogen) atoms. The summed E-state index contributed by atoms with van der Waals surface area (Å²) in [6.45, 7) is 6.76. The van der Waals surface area contributed by atoms with Gasteiger partial charge in [-0.05, 0) is 32.6 Å². The van der Waals surface area contributed by atoms with E-state index in [1.54, 1.807) is 0 Å². The lowest BCUT2D eigenvalue weighted by atomic mass is 10.0. The molecule has 5 nitrogen and oxygen atoms in total. The van der Waals surface area contributed by atoms with Crippen LogP contribution in [0.4, 0.5) is 11.6 Å². The van der Waals surface area contributed by atoms with Crippen molar-refractivity contribution in [3.8, 4) is 0 Å². The molecule has 1 atom stereocenters. The van der Waals surface area contributed by atoms with Gasteiger partial charge in [0.15, 0.2) is 0 Å². The first-order valence-electron chi connectivity index (χ1n) is 6.93. The van der Waals surface area contributed by atoms with Gasteiger partial charge in [-0.2, -0.15) is 0 Å². The van der Waals surface area contributed by atoms with E-state index in [-0.39, 0.29) is 0 Å². The SMILES string of the molecule is CNc1nc(C)nc(N(C)CC2CCCOC2)c1C. The van der Waals surface area contributed by atoms with Crippen molar-refractivity contribution in [1.82, 2.24) is 9.97 Å². The van der Waals surface area contributed by atoms with E-state index in [0.29, 0.717) is 5.92 Å². The fourth-order valence-electron chi connectivity index (χ4n) is 2.65. The normalized spacial score (nSPS) is 19.3. The van der Waals surface area contributed by atoms with E-state index in [1.807, 2.05) is 14.0 Å². The minimum atomic E-state index is 0.603. The van der Waals surface area contributed by atoms with Crippen LogP contribution < -0.4 is 10.2 Å². The fourth-order valence-corrected chi connectivity index (χ4v) is 2.65. The lowest BCUT2D eigenvalue weighted by Crippen LogP contribution is -2.32. The lowest BCUT2D eigenvalue weighted by molar-refractivity contribution is 0.0576. The van der Waals surface area contributed by atoms with E-state index >= 15 is 0 Å². The Labute approximate surface area is 115 Å². The van der Waals surface area contributed by atoms with Crippen molar-refractivity contribution in [2.75, 3.05) is 44.1 Å². The van der Waals surface area contributed by atoms with Crippen LogP contribution >= 0.6 is 0 Å². The van der Waals surface area contributed by atoms with Crippen LogP contribution in [0, 0.1) is 19.8 Å². The predicted octanol–water partition coefficient (Wildman–Crippen LogP) is 2.00. The Kier molecular flexibility index (Phi) is 4.58. The zero-order valence-corrected chi connectivity index (χ0v) is 12.4. The molecule has 1 aliphatic rings. The third kappa shape index (κ3) is 3.35. The van der Waals surface area contributed by atoms with Gasteiger partial charge in [-0.15, -0.1) is 0 Å². The number of aromatic nitrogens is 2. The first-order chi connectivity index (χ1) is 9.11. The van der Waals surface area contributed by atoms with Crippen molar-refractivity contribution in [1.29, 1.82) is 0 Å². The highest BCUT2D eigenvalue weighted by Crippen LogP contribution is 2.24. The molecule has 1 N–H and O–H groups in total. The maximum Gasteiger partial charge on any atom is 0.137 e. The molecule has 0 amide bonds. The largest absolute Gasteiger partial charge is 0.381 e. The van der Waals surface area contributed by atoms with Gasteiger partial charge in [-0.25, -0.2) is 9.97 Å². The summed E-state index contributed by atoms with van der Waals surface area (Å²) in [5, 5.41) is 3.13. The van der Waals surface area contributed by atoms with Gasteiger partial charge < -0.3 is 15.0 Å². The summed E-state index contributed by atoms with van der Waals surface area (Å²) in [7, 11) is 4.00. The zero-order valence-electron chi connectivity index (χ0n) is 12.4. The molecule has 1 aliphatic heterocycles. The Morgan fingerprint density at radius 3 is 2.79 bits per heavy atom. The summed E-state index contributed by atoms with van der Waals surface area (Å²) in [5.41, 5.74) is 1.10. The summed E-state index contributed by atoms with van der Waals surface area (Å²) in [4.78, 5) is 11.2. The third-order valence-corrected chi connectivity index (χ3v) is 3.62. The van der Waals surface area contributed by atoms with Gasteiger partial charge in [0.2, 0.25) is 0 Å². The maximum atomic E-state index is 5.55. The predicted molar refractivity (Wildman–Crippen MR) is 77.9 cm³/mol. The molecule has 2 heterocycles. The average Bonchev–Trinajstić information content (AvgIpc) is 2.42. The molecular weight excluding hydrogens is 240 g/mol. The second kappa shape index (κ2) is 6.19. The molecule has 1 aromatic heterocycles. The van der Waals surface area contributed by atoms with Gasteiger partial charge in [-0.3, -0.25) is 0 Å². The van der Waals surface area contributed by atoms with Gasteiger partial charge in [0.1, 0.15) is 17.5 Å². The monoisotopic (exact) mass is 264 g/mol. The van der Waals surface area contributed by atoms with Crippen LogP contribution in [0.5, 0.6) is 0 Å². The Balaban J connectivity index is 2.13. The quantitative estimate of drug-likeness (QED) is 0.901. The highest BCUT2D eigenvalue weighted by molar-refractivity contribution is 5.58. The first-order valence-corrected chi connectivity index (χ1v) is 6.93. The van der Waals surface area contributed by atoms with Crippen molar-refractivity contribution in [3.05, 3.63) is 11.4 Å². The molecule has 106 valence electrons.